The van der Waals surface area contributed by atoms with Gasteiger partial charge in [-0.25, -0.2) is 0 Å². The number of amides is 1. The number of carbonyl (C=O) groups is 1. The molecular formula is C19H16ClN3O2. The van der Waals surface area contributed by atoms with Crippen molar-refractivity contribution in [3.8, 4) is 5.75 Å². The normalized spacial score (nSPS) is 14.8. The first kappa shape index (κ1) is 15.6. The molecule has 0 radical (unpaired) electrons. The summed E-state index contributed by atoms with van der Waals surface area (Å²) < 4.78 is 0. The van der Waals surface area contributed by atoms with Crippen LogP contribution in [0.25, 0.3) is 22.6 Å². The minimum absolute atomic E-state index is 0.112. The topological polar surface area (TPSA) is 68.4 Å². The summed E-state index contributed by atoms with van der Waals surface area (Å²) in [5.41, 5.74) is 4.51. The van der Waals surface area contributed by atoms with Gasteiger partial charge in [0, 0.05) is 53.1 Å². The maximum Gasteiger partial charge on any atom is 0.256 e. The van der Waals surface area contributed by atoms with E-state index in [4.69, 9.17) is 11.6 Å². The Morgan fingerprint density at radius 2 is 1.96 bits per heavy atom. The van der Waals surface area contributed by atoms with Crippen molar-refractivity contribution in [2.45, 2.75) is 0 Å². The van der Waals surface area contributed by atoms with Gasteiger partial charge in [-0.3, -0.25) is 4.79 Å². The second-order valence-electron chi connectivity index (χ2n) is 6.22. The van der Waals surface area contributed by atoms with Crippen molar-refractivity contribution in [2.75, 3.05) is 24.3 Å². The van der Waals surface area contributed by atoms with Crippen LogP contribution in [0.4, 0.5) is 11.4 Å². The molecule has 0 saturated carbocycles. The van der Waals surface area contributed by atoms with Gasteiger partial charge in [0.25, 0.3) is 5.91 Å². The number of aromatic hydroxyl groups is 1. The zero-order valence-electron chi connectivity index (χ0n) is 13.7. The van der Waals surface area contributed by atoms with E-state index in [2.05, 4.69) is 10.3 Å². The minimum atomic E-state index is -0.213. The fourth-order valence-electron chi connectivity index (χ4n) is 3.05. The highest BCUT2D eigenvalue weighted by Crippen LogP contribution is 2.38. The van der Waals surface area contributed by atoms with E-state index < -0.39 is 0 Å². The van der Waals surface area contributed by atoms with Crippen LogP contribution in [0.5, 0.6) is 5.75 Å². The predicted molar refractivity (Wildman–Crippen MR) is 102 cm³/mol. The molecular weight excluding hydrogens is 338 g/mol. The first-order valence-corrected chi connectivity index (χ1v) is 8.17. The number of phenolic OH excluding ortho intramolecular Hbond substituents is 1. The number of aromatic nitrogens is 1. The maximum atomic E-state index is 12.4. The van der Waals surface area contributed by atoms with Gasteiger partial charge in [0.1, 0.15) is 10.9 Å². The Bertz CT molecular complexity index is 1050. The standard InChI is InChI=1S/C19H16ClN3O2/c1-23(2)10-3-5-16-12(7-10)14(18(20)21-16)9-15-13-8-11(24)4-6-17(13)22-19(15)25/h3-9,21,24H,1-2H3,(H,22,25)/b15-9+. The summed E-state index contributed by atoms with van der Waals surface area (Å²) in [6.45, 7) is 0. The second kappa shape index (κ2) is 5.57. The lowest BCUT2D eigenvalue weighted by molar-refractivity contribution is -0.110. The Kier molecular flexibility index (Phi) is 3.47. The van der Waals surface area contributed by atoms with Crippen molar-refractivity contribution in [1.82, 2.24) is 4.98 Å². The van der Waals surface area contributed by atoms with Crippen LogP contribution in [0.1, 0.15) is 11.1 Å². The SMILES string of the molecule is CN(C)c1ccc2[nH]c(Cl)c(/C=C3/C(=O)Nc4ccc(O)cc43)c2c1. The van der Waals surface area contributed by atoms with Gasteiger partial charge in [0.05, 0.1) is 0 Å². The molecule has 0 saturated heterocycles. The first-order chi connectivity index (χ1) is 11.9. The number of carbonyl (C=O) groups excluding carboxylic acids is 1. The third kappa shape index (κ3) is 2.53. The number of H-pyrrole nitrogens is 1. The largest absolute Gasteiger partial charge is 0.508 e. The van der Waals surface area contributed by atoms with Gasteiger partial charge in [0.2, 0.25) is 0 Å². The molecule has 126 valence electrons. The Labute approximate surface area is 149 Å². The molecule has 1 amide bonds. The Balaban J connectivity index is 1.92. The van der Waals surface area contributed by atoms with E-state index in [1.54, 1.807) is 24.3 Å². The van der Waals surface area contributed by atoms with Gasteiger partial charge in [-0.15, -0.1) is 0 Å². The molecule has 0 bridgehead atoms. The third-order valence-electron chi connectivity index (χ3n) is 4.37. The van der Waals surface area contributed by atoms with Gasteiger partial charge >= 0.3 is 0 Å². The highest BCUT2D eigenvalue weighted by atomic mass is 35.5. The van der Waals surface area contributed by atoms with Crippen molar-refractivity contribution in [2.24, 2.45) is 0 Å². The Hall–Kier alpha value is -2.92. The molecule has 2 heterocycles. The van der Waals surface area contributed by atoms with E-state index in [1.165, 1.54) is 0 Å². The van der Waals surface area contributed by atoms with Gasteiger partial charge in [-0.05, 0) is 42.5 Å². The van der Waals surface area contributed by atoms with E-state index in [9.17, 15) is 9.90 Å². The molecule has 0 spiro atoms. The zero-order chi connectivity index (χ0) is 17.7. The number of hydrogen-bond acceptors (Lipinski definition) is 3. The molecule has 1 aliphatic rings. The summed E-state index contributed by atoms with van der Waals surface area (Å²) in [7, 11) is 3.94. The first-order valence-electron chi connectivity index (χ1n) is 7.79. The summed E-state index contributed by atoms with van der Waals surface area (Å²) in [4.78, 5) is 17.5. The predicted octanol–water partition coefficient (Wildman–Crippen LogP) is 4.09. The minimum Gasteiger partial charge on any atom is -0.508 e. The molecule has 1 aromatic heterocycles. The van der Waals surface area contributed by atoms with Crippen LogP contribution in [0.15, 0.2) is 36.4 Å². The van der Waals surface area contributed by atoms with E-state index in [-0.39, 0.29) is 11.7 Å². The number of hydrogen-bond donors (Lipinski definition) is 3. The summed E-state index contributed by atoms with van der Waals surface area (Å²) >= 11 is 6.39. The average Bonchev–Trinajstić information content (AvgIpc) is 3.04. The number of anilines is 2. The van der Waals surface area contributed by atoms with Gasteiger partial charge < -0.3 is 20.3 Å². The van der Waals surface area contributed by atoms with E-state index in [0.29, 0.717) is 22.0 Å². The molecule has 2 aromatic carbocycles. The molecule has 25 heavy (non-hydrogen) atoms. The molecule has 3 aromatic rings. The summed E-state index contributed by atoms with van der Waals surface area (Å²) in [6.07, 6.45) is 1.77. The average molecular weight is 354 g/mol. The summed E-state index contributed by atoms with van der Waals surface area (Å²) in [5, 5.41) is 14.0. The fraction of sp³-hybridized carbons (Fsp3) is 0.105. The monoisotopic (exact) mass is 353 g/mol. The van der Waals surface area contributed by atoms with Crippen LogP contribution in [-0.2, 0) is 4.79 Å². The Morgan fingerprint density at radius 1 is 1.16 bits per heavy atom. The molecule has 3 N–H and O–H groups in total. The lowest BCUT2D eigenvalue weighted by Gasteiger charge is -2.12. The molecule has 0 fully saturated rings. The molecule has 6 heteroatoms. The van der Waals surface area contributed by atoms with Crippen LogP contribution >= 0.6 is 11.6 Å². The summed E-state index contributed by atoms with van der Waals surface area (Å²) in [5.74, 6) is -0.101. The van der Waals surface area contributed by atoms with Crippen molar-refractivity contribution < 1.29 is 9.90 Å². The van der Waals surface area contributed by atoms with Gasteiger partial charge in [0.15, 0.2) is 0 Å². The third-order valence-corrected chi connectivity index (χ3v) is 4.66. The highest BCUT2D eigenvalue weighted by Gasteiger charge is 2.25. The highest BCUT2D eigenvalue weighted by molar-refractivity contribution is 6.38. The van der Waals surface area contributed by atoms with Crippen molar-refractivity contribution in [3.63, 3.8) is 0 Å². The molecule has 0 atom stereocenters. The molecule has 5 nitrogen and oxygen atoms in total. The van der Waals surface area contributed by atoms with E-state index in [1.807, 2.05) is 37.2 Å². The number of nitrogens with one attached hydrogen (secondary N) is 2. The number of fused-ring (bicyclic) bond motifs is 2. The van der Waals surface area contributed by atoms with E-state index in [0.717, 1.165) is 22.2 Å². The van der Waals surface area contributed by atoms with Gasteiger partial charge in [-0.2, -0.15) is 0 Å². The lowest BCUT2D eigenvalue weighted by atomic mass is 10.0. The number of rotatable bonds is 2. The Morgan fingerprint density at radius 3 is 2.72 bits per heavy atom. The number of nitrogens with zero attached hydrogens (tertiary/aromatic N) is 1. The summed E-state index contributed by atoms with van der Waals surface area (Å²) in [6, 6.07) is 10.8. The van der Waals surface area contributed by atoms with Crippen molar-refractivity contribution in [1.29, 1.82) is 0 Å². The molecule has 0 aliphatic carbocycles. The lowest BCUT2D eigenvalue weighted by Crippen LogP contribution is -2.08. The van der Waals surface area contributed by atoms with Crippen LogP contribution < -0.4 is 10.2 Å². The second-order valence-corrected chi connectivity index (χ2v) is 6.60. The number of phenols is 1. The molecule has 4 rings (SSSR count). The van der Waals surface area contributed by atoms with Gasteiger partial charge in [-0.1, -0.05) is 11.6 Å². The maximum absolute atomic E-state index is 12.4. The van der Waals surface area contributed by atoms with E-state index >= 15 is 0 Å². The number of benzene rings is 2. The van der Waals surface area contributed by atoms with Crippen LogP contribution in [-0.4, -0.2) is 30.1 Å². The number of aromatic amines is 1. The number of halogens is 1. The van der Waals surface area contributed by atoms with Crippen molar-refractivity contribution in [3.05, 3.63) is 52.7 Å². The fourth-order valence-corrected chi connectivity index (χ4v) is 3.31. The zero-order valence-corrected chi connectivity index (χ0v) is 14.5. The van der Waals surface area contributed by atoms with Crippen LogP contribution in [0, 0.1) is 0 Å². The molecule has 0 unspecified atom stereocenters. The quantitative estimate of drug-likeness (QED) is 0.480. The smallest absolute Gasteiger partial charge is 0.256 e. The van der Waals surface area contributed by atoms with Crippen LogP contribution in [0.2, 0.25) is 5.15 Å². The van der Waals surface area contributed by atoms with Crippen molar-refractivity contribution >= 4 is 51.4 Å². The van der Waals surface area contributed by atoms with Crippen LogP contribution in [0.3, 0.4) is 0 Å². The molecule has 1 aliphatic heterocycles.